The molecule has 28 heavy (non-hydrogen) atoms. The molecule has 0 unspecified atom stereocenters. The van der Waals surface area contributed by atoms with Crippen molar-refractivity contribution in [3.8, 4) is 5.75 Å². The van der Waals surface area contributed by atoms with Crippen LogP contribution in [0.25, 0.3) is 10.9 Å². The van der Waals surface area contributed by atoms with E-state index in [9.17, 15) is 13.2 Å². The predicted octanol–water partition coefficient (Wildman–Crippen LogP) is 2.75. The molecule has 3 aromatic rings. The molecule has 0 fully saturated rings. The molecule has 0 spiro atoms. The summed E-state index contributed by atoms with van der Waals surface area (Å²) in [6, 6.07) is 14.0. The van der Waals surface area contributed by atoms with Crippen LogP contribution < -0.4 is 10.1 Å². The normalized spacial score (nSPS) is 11.7. The average Bonchev–Trinajstić information content (AvgIpc) is 3.10. The number of H-pyrrole nitrogens is 1. The summed E-state index contributed by atoms with van der Waals surface area (Å²) < 4.78 is 31.6. The Kier molecular flexibility index (Phi) is 5.71. The van der Waals surface area contributed by atoms with Crippen LogP contribution in [0.15, 0.2) is 53.4 Å². The molecule has 0 aliphatic carbocycles. The van der Waals surface area contributed by atoms with Crippen molar-refractivity contribution in [2.45, 2.75) is 18.4 Å². The lowest BCUT2D eigenvalue weighted by molar-refractivity contribution is 0.0946. The molecule has 2 N–H and O–H groups in total. The van der Waals surface area contributed by atoms with Gasteiger partial charge in [0.25, 0.3) is 5.91 Å². The molecule has 0 aliphatic rings. The maximum absolute atomic E-state index is 12.6. The Labute approximate surface area is 164 Å². The van der Waals surface area contributed by atoms with Crippen molar-refractivity contribution < 1.29 is 17.9 Å². The number of amides is 1. The van der Waals surface area contributed by atoms with E-state index in [1.165, 1.54) is 20.2 Å². The molecular formula is C20H23N3O4S. The van der Waals surface area contributed by atoms with Crippen LogP contribution in [-0.4, -0.2) is 44.3 Å². The number of fused-ring (bicyclic) bond motifs is 1. The topological polar surface area (TPSA) is 91.5 Å². The summed E-state index contributed by atoms with van der Waals surface area (Å²) in [6.07, 6.45) is 0. The highest BCUT2D eigenvalue weighted by molar-refractivity contribution is 7.89. The molecule has 8 heteroatoms. The number of ether oxygens (including phenoxy) is 1. The van der Waals surface area contributed by atoms with Gasteiger partial charge in [0.05, 0.1) is 11.5 Å². The van der Waals surface area contributed by atoms with Crippen LogP contribution in [0, 0.1) is 0 Å². The number of nitrogens with one attached hydrogen (secondary N) is 2. The van der Waals surface area contributed by atoms with Gasteiger partial charge in [-0.3, -0.25) is 4.79 Å². The summed E-state index contributed by atoms with van der Waals surface area (Å²) in [5, 5.41) is 3.68. The van der Waals surface area contributed by atoms with E-state index < -0.39 is 10.0 Å². The number of carbonyl (C=O) groups excluding carboxylic acids is 1. The second-order valence-corrected chi connectivity index (χ2v) is 8.56. The molecule has 0 aliphatic heterocycles. The van der Waals surface area contributed by atoms with Gasteiger partial charge in [-0.2, -0.15) is 0 Å². The highest BCUT2D eigenvalue weighted by atomic mass is 32.2. The first-order valence-corrected chi connectivity index (χ1v) is 10.3. The lowest BCUT2D eigenvalue weighted by Crippen LogP contribution is -2.27. The predicted molar refractivity (Wildman–Crippen MR) is 108 cm³/mol. The zero-order chi connectivity index (χ0) is 20.3. The van der Waals surface area contributed by atoms with Crippen LogP contribution in [-0.2, 0) is 16.6 Å². The number of nitrogens with zero attached hydrogens (tertiary/aromatic N) is 1. The molecule has 148 valence electrons. The van der Waals surface area contributed by atoms with Gasteiger partial charge < -0.3 is 15.0 Å². The fraction of sp³-hybridized carbons (Fsp3) is 0.250. The number of rotatable bonds is 7. The summed E-state index contributed by atoms with van der Waals surface area (Å²) in [7, 11) is -0.635. The van der Waals surface area contributed by atoms with Crippen molar-refractivity contribution in [1.29, 1.82) is 0 Å². The zero-order valence-electron chi connectivity index (χ0n) is 16.0. The number of aromatic nitrogens is 1. The highest BCUT2D eigenvalue weighted by Crippen LogP contribution is 2.22. The van der Waals surface area contributed by atoms with E-state index in [2.05, 4.69) is 10.3 Å². The fourth-order valence-corrected chi connectivity index (χ4v) is 3.97. The minimum Gasteiger partial charge on any atom is -0.494 e. The smallest absolute Gasteiger partial charge is 0.267 e. The molecule has 2 aromatic carbocycles. The lowest BCUT2D eigenvalue weighted by Gasteiger charge is -2.15. The van der Waals surface area contributed by atoms with Crippen LogP contribution >= 0.6 is 0 Å². The highest BCUT2D eigenvalue weighted by Gasteiger charge is 2.21. The van der Waals surface area contributed by atoms with E-state index in [1.807, 2.05) is 25.1 Å². The third-order valence-electron chi connectivity index (χ3n) is 4.32. The van der Waals surface area contributed by atoms with Gasteiger partial charge in [0.1, 0.15) is 11.4 Å². The molecule has 3 rings (SSSR count). The van der Waals surface area contributed by atoms with E-state index in [0.29, 0.717) is 17.9 Å². The molecule has 1 amide bonds. The molecule has 0 saturated carbocycles. The van der Waals surface area contributed by atoms with Crippen LogP contribution in [0.1, 0.15) is 23.0 Å². The Morgan fingerprint density at radius 3 is 2.61 bits per heavy atom. The van der Waals surface area contributed by atoms with Gasteiger partial charge >= 0.3 is 0 Å². The van der Waals surface area contributed by atoms with E-state index in [4.69, 9.17) is 4.74 Å². The summed E-state index contributed by atoms with van der Waals surface area (Å²) in [4.78, 5) is 15.8. The molecule has 1 heterocycles. The first kappa shape index (κ1) is 19.9. The number of hydrogen-bond acceptors (Lipinski definition) is 4. The van der Waals surface area contributed by atoms with Gasteiger partial charge in [0.15, 0.2) is 0 Å². The van der Waals surface area contributed by atoms with E-state index in [0.717, 1.165) is 21.0 Å². The second kappa shape index (κ2) is 8.04. The van der Waals surface area contributed by atoms with Gasteiger partial charge in [-0.1, -0.05) is 18.2 Å². The first-order chi connectivity index (χ1) is 13.3. The number of benzene rings is 2. The van der Waals surface area contributed by atoms with Crippen molar-refractivity contribution >= 4 is 26.8 Å². The van der Waals surface area contributed by atoms with Gasteiger partial charge in [-0.25, -0.2) is 12.7 Å². The fourth-order valence-electron chi connectivity index (χ4n) is 2.85. The van der Waals surface area contributed by atoms with E-state index >= 15 is 0 Å². The Hall–Kier alpha value is -2.84. The number of carbonyl (C=O) groups is 1. The van der Waals surface area contributed by atoms with E-state index in [1.54, 1.807) is 24.3 Å². The molecule has 0 saturated heterocycles. The van der Waals surface area contributed by atoms with Gasteiger partial charge in [0.2, 0.25) is 10.0 Å². The second-order valence-electron chi connectivity index (χ2n) is 6.44. The molecule has 7 nitrogen and oxygen atoms in total. The summed E-state index contributed by atoms with van der Waals surface area (Å²) in [6.45, 7) is 2.57. The standard InChI is InChI=1S/C20H23N3O4S/c1-4-27-16-10-9-14-11-18(22-17(14)12-16)20(24)21-13-15-7-5-6-8-19(15)28(25,26)23(2)3/h5-12,22H,4,13H2,1-3H3,(H,21,24). The quantitative estimate of drug-likeness (QED) is 0.637. The van der Waals surface area contributed by atoms with Crippen molar-refractivity contribution in [3.63, 3.8) is 0 Å². The zero-order valence-corrected chi connectivity index (χ0v) is 16.8. The SMILES string of the molecule is CCOc1ccc2cc(C(=O)NCc3ccccc3S(=O)(=O)N(C)C)[nH]c2c1. The number of hydrogen-bond donors (Lipinski definition) is 2. The first-order valence-electron chi connectivity index (χ1n) is 8.87. The number of aromatic amines is 1. The van der Waals surface area contributed by atoms with Crippen LogP contribution in [0.3, 0.4) is 0 Å². The van der Waals surface area contributed by atoms with Crippen LogP contribution in [0.2, 0.25) is 0 Å². The maximum atomic E-state index is 12.6. The van der Waals surface area contributed by atoms with Crippen molar-refractivity contribution in [2.24, 2.45) is 0 Å². The molecule has 0 atom stereocenters. The number of sulfonamides is 1. The Morgan fingerprint density at radius 1 is 1.14 bits per heavy atom. The molecule has 0 bridgehead atoms. The molecular weight excluding hydrogens is 378 g/mol. The summed E-state index contributed by atoms with van der Waals surface area (Å²) in [5.74, 6) is 0.415. The lowest BCUT2D eigenvalue weighted by atomic mass is 10.2. The minimum atomic E-state index is -3.59. The van der Waals surface area contributed by atoms with Crippen LogP contribution in [0.4, 0.5) is 0 Å². The van der Waals surface area contributed by atoms with Gasteiger partial charge in [-0.15, -0.1) is 0 Å². The third-order valence-corrected chi connectivity index (χ3v) is 6.24. The molecule has 1 aromatic heterocycles. The summed E-state index contributed by atoms with van der Waals surface area (Å²) in [5.41, 5.74) is 1.72. The third kappa shape index (κ3) is 4.02. The summed E-state index contributed by atoms with van der Waals surface area (Å²) >= 11 is 0. The van der Waals surface area contributed by atoms with E-state index in [-0.39, 0.29) is 17.3 Å². The largest absolute Gasteiger partial charge is 0.494 e. The molecule has 0 radical (unpaired) electrons. The Morgan fingerprint density at radius 2 is 1.89 bits per heavy atom. The Bertz CT molecular complexity index is 1100. The van der Waals surface area contributed by atoms with Crippen LogP contribution in [0.5, 0.6) is 5.75 Å². The van der Waals surface area contributed by atoms with Crippen molar-refractivity contribution in [3.05, 3.63) is 59.8 Å². The maximum Gasteiger partial charge on any atom is 0.267 e. The van der Waals surface area contributed by atoms with Crippen molar-refractivity contribution in [2.75, 3.05) is 20.7 Å². The monoisotopic (exact) mass is 401 g/mol. The average molecular weight is 401 g/mol. The van der Waals surface area contributed by atoms with Gasteiger partial charge in [-0.05, 0) is 36.8 Å². The minimum absolute atomic E-state index is 0.0988. The van der Waals surface area contributed by atoms with Gasteiger partial charge in [0, 0.05) is 37.6 Å². The van der Waals surface area contributed by atoms with Crippen molar-refractivity contribution in [1.82, 2.24) is 14.6 Å². The Balaban J connectivity index is 1.79.